The summed E-state index contributed by atoms with van der Waals surface area (Å²) in [4.78, 5) is 11.4. The lowest BCUT2D eigenvalue weighted by Crippen LogP contribution is -2.29. The lowest BCUT2D eigenvalue weighted by Gasteiger charge is -2.17. The average molecular weight is 325 g/mol. The smallest absolute Gasteiger partial charge is 0.345 e. The molecule has 21 heavy (non-hydrogen) atoms. The van der Waals surface area contributed by atoms with E-state index in [4.69, 9.17) is 27.9 Å². The van der Waals surface area contributed by atoms with E-state index in [2.05, 4.69) is 0 Å². The zero-order valence-corrected chi connectivity index (χ0v) is 12.9. The number of ether oxygens (including phenoxy) is 1. The molecular formula is C16H14Cl2O3. The number of aliphatic carboxylic acids is 1. The van der Waals surface area contributed by atoms with Crippen LogP contribution in [0.2, 0.25) is 10.0 Å². The SMILES string of the molecule is Cc1ccccc1O[C@@H](Cc1cc(Cl)cc(Cl)c1)C(=O)O. The van der Waals surface area contributed by atoms with E-state index in [1.54, 1.807) is 30.3 Å². The van der Waals surface area contributed by atoms with Crippen molar-refractivity contribution >= 4 is 29.2 Å². The third kappa shape index (κ3) is 4.38. The van der Waals surface area contributed by atoms with Crippen LogP contribution in [-0.2, 0) is 11.2 Å². The molecule has 0 aromatic heterocycles. The maximum absolute atomic E-state index is 11.4. The van der Waals surface area contributed by atoms with E-state index in [0.717, 1.165) is 5.56 Å². The van der Waals surface area contributed by atoms with Crippen LogP contribution >= 0.6 is 23.2 Å². The molecular weight excluding hydrogens is 311 g/mol. The first kappa shape index (κ1) is 15.7. The van der Waals surface area contributed by atoms with Crippen LogP contribution in [-0.4, -0.2) is 17.2 Å². The fraction of sp³-hybridized carbons (Fsp3) is 0.188. The minimum absolute atomic E-state index is 0.184. The molecule has 0 spiro atoms. The predicted octanol–water partition coefficient (Wildman–Crippen LogP) is 4.38. The van der Waals surface area contributed by atoms with Crippen molar-refractivity contribution in [3.8, 4) is 5.75 Å². The second kappa shape index (κ2) is 6.83. The molecule has 0 fully saturated rings. The Hall–Kier alpha value is -1.71. The van der Waals surface area contributed by atoms with Crippen molar-refractivity contribution in [2.45, 2.75) is 19.4 Å². The standard InChI is InChI=1S/C16H14Cl2O3/c1-10-4-2-3-5-14(10)21-15(16(19)20)8-11-6-12(17)9-13(18)7-11/h2-7,9,15H,8H2,1H3,(H,19,20)/t15-/m0/s1. The number of aryl methyl sites for hydroxylation is 1. The molecule has 0 unspecified atom stereocenters. The van der Waals surface area contributed by atoms with Crippen LogP contribution in [0.1, 0.15) is 11.1 Å². The van der Waals surface area contributed by atoms with E-state index in [9.17, 15) is 9.90 Å². The number of rotatable bonds is 5. The van der Waals surface area contributed by atoms with E-state index >= 15 is 0 Å². The van der Waals surface area contributed by atoms with Crippen molar-refractivity contribution in [3.05, 3.63) is 63.6 Å². The van der Waals surface area contributed by atoms with Crippen LogP contribution < -0.4 is 4.74 Å². The van der Waals surface area contributed by atoms with E-state index in [1.165, 1.54) is 0 Å². The number of hydrogen-bond donors (Lipinski definition) is 1. The van der Waals surface area contributed by atoms with Gasteiger partial charge in [-0.3, -0.25) is 0 Å². The average Bonchev–Trinajstić information content (AvgIpc) is 2.39. The Morgan fingerprint density at radius 1 is 1.19 bits per heavy atom. The number of para-hydroxylation sites is 1. The van der Waals surface area contributed by atoms with Gasteiger partial charge in [0.05, 0.1) is 0 Å². The highest BCUT2D eigenvalue weighted by atomic mass is 35.5. The molecule has 0 amide bonds. The largest absolute Gasteiger partial charge is 0.478 e. The zero-order chi connectivity index (χ0) is 15.4. The van der Waals surface area contributed by atoms with Crippen molar-refractivity contribution in [3.63, 3.8) is 0 Å². The normalized spacial score (nSPS) is 12.0. The van der Waals surface area contributed by atoms with E-state index < -0.39 is 12.1 Å². The Morgan fingerprint density at radius 3 is 2.38 bits per heavy atom. The molecule has 0 aliphatic heterocycles. The van der Waals surface area contributed by atoms with Crippen molar-refractivity contribution in [1.29, 1.82) is 0 Å². The minimum Gasteiger partial charge on any atom is -0.478 e. The van der Waals surface area contributed by atoms with Crippen molar-refractivity contribution < 1.29 is 14.6 Å². The van der Waals surface area contributed by atoms with Crippen LogP contribution in [0, 0.1) is 6.92 Å². The summed E-state index contributed by atoms with van der Waals surface area (Å²) in [5.41, 5.74) is 1.60. The molecule has 0 bridgehead atoms. The number of carboxylic acids is 1. The van der Waals surface area contributed by atoms with Gasteiger partial charge in [0.2, 0.25) is 0 Å². The minimum atomic E-state index is -1.03. The van der Waals surface area contributed by atoms with Crippen LogP contribution in [0.4, 0.5) is 0 Å². The Morgan fingerprint density at radius 2 is 1.81 bits per heavy atom. The van der Waals surface area contributed by atoms with Gasteiger partial charge in [0.15, 0.2) is 6.10 Å². The highest BCUT2D eigenvalue weighted by Gasteiger charge is 2.21. The summed E-state index contributed by atoms with van der Waals surface area (Å²) in [7, 11) is 0. The Labute approximate surface area is 133 Å². The number of hydrogen-bond acceptors (Lipinski definition) is 2. The van der Waals surface area contributed by atoms with Gasteiger partial charge in [-0.25, -0.2) is 4.79 Å². The lowest BCUT2D eigenvalue weighted by atomic mass is 10.1. The molecule has 1 atom stereocenters. The summed E-state index contributed by atoms with van der Waals surface area (Å²) in [6, 6.07) is 12.3. The predicted molar refractivity (Wildman–Crippen MR) is 83.4 cm³/mol. The van der Waals surface area contributed by atoms with Gasteiger partial charge in [0.25, 0.3) is 0 Å². The van der Waals surface area contributed by atoms with Gasteiger partial charge in [0, 0.05) is 16.5 Å². The van der Waals surface area contributed by atoms with Gasteiger partial charge in [-0.05, 0) is 42.3 Å². The molecule has 2 aromatic carbocycles. The fourth-order valence-electron chi connectivity index (χ4n) is 1.96. The lowest BCUT2D eigenvalue weighted by molar-refractivity contribution is -0.145. The molecule has 5 heteroatoms. The molecule has 2 rings (SSSR count). The molecule has 0 heterocycles. The summed E-state index contributed by atoms with van der Waals surface area (Å²) < 4.78 is 5.60. The first-order chi connectivity index (χ1) is 9.95. The third-order valence-corrected chi connectivity index (χ3v) is 3.42. The second-order valence-corrected chi connectivity index (χ2v) is 5.56. The molecule has 1 N–H and O–H groups in total. The van der Waals surface area contributed by atoms with Gasteiger partial charge in [-0.1, -0.05) is 41.4 Å². The molecule has 0 saturated heterocycles. The summed E-state index contributed by atoms with van der Waals surface area (Å²) in [6.07, 6.45) is -0.815. The third-order valence-electron chi connectivity index (χ3n) is 2.98. The van der Waals surface area contributed by atoms with Crippen molar-refractivity contribution in [1.82, 2.24) is 0 Å². The topological polar surface area (TPSA) is 46.5 Å². The van der Waals surface area contributed by atoms with E-state index in [0.29, 0.717) is 21.4 Å². The fourth-order valence-corrected chi connectivity index (χ4v) is 2.54. The van der Waals surface area contributed by atoms with Crippen LogP contribution in [0.3, 0.4) is 0 Å². The number of carboxylic acid groups (broad SMARTS) is 1. The first-order valence-corrected chi connectivity index (χ1v) is 7.11. The van der Waals surface area contributed by atoms with Gasteiger partial charge < -0.3 is 9.84 Å². The molecule has 0 aliphatic rings. The van der Waals surface area contributed by atoms with Gasteiger partial charge in [0.1, 0.15) is 5.75 Å². The first-order valence-electron chi connectivity index (χ1n) is 6.36. The van der Waals surface area contributed by atoms with Gasteiger partial charge in [-0.15, -0.1) is 0 Å². The molecule has 2 aromatic rings. The summed E-state index contributed by atoms with van der Waals surface area (Å²) in [5.74, 6) is -0.479. The van der Waals surface area contributed by atoms with Gasteiger partial charge in [-0.2, -0.15) is 0 Å². The van der Waals surface area contributed by atoms with Crippen LogP contribution in [0.5, 0.6) is 5.75 Å². The second-order valence-electron chi connectivity index (χ2n) is 4.69. The van der Waals surface area contributed by atoms with Crippen LogP contribution in [0.15, 0.2) is 42.5 Å². The highest BCUT2D eigenvalue weighted by molar-refractivity contribution is 6.34. The monoisotopic (exact) mass is 324 g/mol. The molecule has 110 valence electrons. The van der Waals surface area contributed by atoms with Crippen LogP contribution in [0.25, 0.3) is 0 Å². The Balaban J connectivity index is 2.20. The molecule has 3 nitrogen and oxygen atoms in total. The highest BCUT2D eigenvalue weighted by Crippen LogP contribution is 2.23. The quantitative estimate of drug-likeness (QED) is 0.887. The number of halogens is 2. The molecule has 0 saturated carbocycles. The Bertz CT molecular complexity index is 635. The van der Waals surface area contributed by atoms with E-state index in [1.807, 2.05) is 19.1 Å². The molecule has 0 radical (unpaired) electrons. The summed E-state index contributed by atoms with van der Waals surface area (Å²) in [6.45, 7) is 1.87. The van der Waals surface area contributed by atoms with Crippen molar-refractivity contribution in [2.24, 2.45) is 0 Å². The Kier molecular flexibility index (Phi) is 5.10. The summed E-state index contributed by atoms with van der Waals surface area (Å²) >= 11 is 11.9. The van der Waals surface area contributed by atoms with Gasteiger partial charge >= 0.3 is 5.97 Å². The maximum Gasteiger partial charge on any atom is 0.345 e. The zero-order valence-electron chi connectivity index (χ0n) is 11.3. The number of carbonyl (C=O) groups is 1. The summed E-state index contributed by atoms with van der Waals surface area (Å²) in [5, 5.41) is 10.3. The maximum atomic E-state index is 11.4. The number of benzene rings is 2. The molecule has 0 aliphatic carbocycles. The van der Waals surface area contributed by atoms with E-state index in [-0.39, 0.29) is 6.42 Å². The van der Waals surface area contributed by atoms with Crippen molar-refractivity contribution in [2.75, 3.05) is 0 Å².